The molecule has 0 saturated carbocycles. The van der Waals surface area contributed by atoms with E-state index in [0.29, 0.717) is 12.4 Å². The fraction of sp³-hybridized carbons (Fsp3) is 0.0435. The van der Waals surface area contributed by atoms with Crippen LogP contribution in [0, 0.1) is 0 Å². The lowest BCUT2D eigenvalue weighted by atomic mass is 10.0. The van der Waals surface area contributed by atoms with E-state index < -0.39 is 0 Å². The molecule has 0 unspecified atom stereocenters. The molecule has 0 bridgehead atoms. The van der Waals surface area contributed by atoms with Crippen molar-refractivity contribution in [1.29, 1.82) is 0 Å². The standard InChI is InChI=1S/C23H18N4O/c24-23-22(21-12-16-3-1-2-4-20(16)28-21)19-11-15(5-6-17(19)14-27-23)13-26-18-7-9-25-10-8-18/h1-12,14H,13H2,(H2,24,27)(H,25,26). The third-order valence-corrected chi connectivity index (χ3v) is 4.83. The Bertz CT molecular complexity index is 1250. The Kier molecular flexibility index (Phi) is 3.91. The zero-order chi connectivity index (χ0) is 18.9. The first-order valence-corrected chi connectivity index (χ1v) is 9.08. The number of nitrogen functional groups attached to an aromatic ring is 1. The minimum atomic E-state index is 0.464. The van der Waals surface area contributed by atoms with Gasteiger partial charge in [0.1, 0.15) is 17.2 Å². The molecule has 5 heteroatoms. The zero-order valence-corrected chi connectivity index (χ0v) is 15.1. The Hall–Kier alpha value is -3.86. The lowest BCUT2D eigenvalue weighted by Crippen LogP contribution is -2.00. The maximum Gasteiger partial charge on any atom is 0.139 e. The SMILES string of the molecule is Nc1ncc2ccc(CNc3ccncc3)cc2c1-c1cc2ccccc2o1. The molecule has 2 aromatic carbocycles. The van der Waals surface area contributed by atoms with Crippen LogP contribution in [-0.2, 0) is 6.54 Å². The molecule has 136 valence electrons. The van der Waals surface area contributed by atoms with Crippen LogP contribution in [0.3, 0.4) is 0 Å². The second kappa shape index (κ2) is 6.70. The molecular formula is C23H18N4O. The van der Waals surface area contributed by atoms with Crippen molar-refractivity contribution in [1.82, 2.24) is 9.97 Å². The van der Waals surface area contributed by atoms with E-state index in [1.54, 1.807) is 18.6 Å². The van der Waals surface area contributed by atoms with Gasteiger partial charge in [-0.3, -0.25) is 4.98 Å². The Morgan fingerprint density at radius 2 is 1.79 bits per heavy atom. The normalized spacial score (nSPS) is 11.1. The molecule has 5 rings (SSSR count). The van der Waals surface area contributed by atoms with Crippen molar-refractivity contribution >= 4 is 33.2 Å². The second-order valence-electron chi connectivity index (χ2n) is 6.68. The number of pyridine rings is 2. The van der Waals surface area contributed by atoms with Crippen molar-refractivity contribution in [3.05, 3.63) is 84.8 Å². The number of para-hydroxylation sites is 1. The predicted octanol–water partition coefficient (Wildman–Crippen LogP) is 5.24. The second-order valence-corrected chi connectivity index (χ2v) is 6.68. The van der Waals surface area contributed by atoms with Crippen molar-refractivity contribution in [3.63, 3.8) is 0 Å². The summed E-state index contributed by atoms with van der Waals surface area (Å²) in [6, 6.07) is 20.2. The molecule has 0 fully saturated rings. The van der Waals surface area contributed by atoms with E-state index >= 15 is 0 Å². The highest BCUT2D eigenvalue weighted by Gasteiger charge is 2.14. The van der Waals surface area contributed by atoms with E-state index in [1.165, 1.54) is 0 Å². The average Bonchev–Trinajstić information content (AvgIpc) is 3.16. The number of fused-ring (bicyclic) bond motifs is 2. The van der Waals surface area contributed by atoms with Crippen LogP contribution in [0.4, 0.5) is 11.5 Å². The van der Waals surface area contributed by atoms with Gasteiger partial charge in [-0.1, -0.05) is 30.3 Å². The van der Waals surface area contributed by atoms with E-state index in [0.717, 1.165) is 44.3 Å². The van der Waals surface area contributed by atoms with E-state index in [1.807, 2.05) is 42.5 Å². The number of nitrogens with two attached hydrogens (primary N) is 1. The van der Waals surface area contributed by atoms with Gasteiger partial charge < -0.3 is 15.5 Å². The topological polar surface area (TPSA) is 77.0 Å². The largest absolute Gasteiger partial charge is 0.456 e. The van der Waals surface area contributed by atoms with Crippen LogP contribution in [-0.4, -0.2) is 9.97 Å². The summed E-state index contributed by atoms with van der Waals surface area (Å²) in [5.41, 5.74) is 10.1. The molecule has 0 spiro atoms. The Morgan fingerprint density at radius 3 is 2.64 bits per heavy atom. The van der Waals surface area contributed by atoms with Crippen LogP contribution >= 0.6 is 0 Å². The lowest BCUT2D eigenvalue weighted by molar-refractivity contribution is 0.632. The number of hydrogen-bond donors (Lipinski definition) is 2. The summed E-state index contributed by atoms with van der Waals surface area (Å²) in [4.78, 5) is 8.42. The van der Waals surface area contributed by atoms with Crippen LogP contribution in [0.5, 0.6) is 0 Å². The van der Waals surface area contributed by atoms with Crippen molar-refractivity contribution in [2.24, 2.45) is 0 Å². The summed E-state index contributed by atoms with van der Waals surface area (Å²) < 4.78 is 6.07. The molecule has 0 aliphatic carbocycles. The molecule has 3 N–H and O–H groups in total. The molecule has 0 saturated heterocycles. The highest BCUT2D eigenvalue weighted by molar-refractivity contribution is 6.01. The van der Waals surface area contributed by atoms with Gasteiger partial charge in [-0.15, -0.1) is 0 Å². The van der Waals surface area contributed by atoms with Gasteiger partial charge in [-0.2, -0.15) is 0 Å². The van der Waals surface area contributed by atoms with Gasteiger partial charge in [0.15, 0.2) is 0 Å². The molecule has 0 aliphatic heterocycles. The number of hydrogen-bond acceptors (Lipinski definition) is 5. The minimum absolute atomic E-state index is 0.464. The number of rotatable bonds is 4. The third kappa shape index (κ3) is 2.93. The van der Waals surface area contributed by atoms with E-state index in [9.17, 15) is 0 Å². The number of anilines is 2. The van der Waals surface area contributed by atoms with Crippen molar-refractivity contribution in [2.75, 3.05) is 11.1 Å². The van der Waals surface area contributed by atoms with Gasteiger partial charge in [0, 0.05) is 41.6 Å². The molecule has 5 aromatic rings. The van der Waals surface area contributed by atoms with Crippen LogP contribution in [0.15, 0.2) is 83.7 Å². The van der Waals surface area contributed by atoms with Gasteiger partial charge >= 0.3 is 0 Å². The first-order chi connectivity index (χ1) is 13.8. The zero-order valence-electron chi connectivity index (χ0n) is 15.1. The molecule has 28 heavy (non-hydrogen) atoms. The Morgan fingerprint density at radius 1 is 0.929 bits per heavy atom. The molecule has 3 heterocycles. The third-order valence-electron chi connectivity index (χ3n) is 4.83. The summed E-state index contributed by atoms with van der Waals surface area (Å²) in [7, 11) is 0. The van der Waals surface area contributed by atoms with Gasteiger partial charge in [0.05, 0.1) is 5.56 Å². The first-order valence-electron chi connectivity index (χ1n) is 9.08. The fourth-order valence-corrected chi connectivity index (χ4v) is 3.42. The molecular weight excluding hydrogens is 348 g/mol. The van der Waals surface area contributed by atoms with Crippen LogP contribution in [0.25, 0.3) is 33.1 Å². The number of furan rings is 1. The average molecular weight is 366 g/mol. The number of benzene rings is 2. The molecule has 3 aromatic heterocycles. The predicted molar refractivity (Wildman–Crippen MR) is 113 cm³/mol. The van der Waals surface area contributed by atoms with Crippen LogP contribution < -0.4 is 11.1 Å². The quantitative estimate of drug-likeness (QED) is 0.455. The first kappa shape index (κ1) is 16.3. The fourth-order valence-electron chi connectivity index (χ4n) is 3.42. The summed E-state index contributed by atoms with van der Waals surface area (Å²) in [6.07, 6.45) is 5.35. The van der Waals surface area contributed by atoms with E-state index in [2.05, 4.69) is 33.5 Å². The van der Waals surface area contributed by atoms with Gasteiger partial charge in [0.25, 0.3) is 0 Å². The van der Waals surface area contributed by atoms with Crippen LogP contribution in [0.1, 0.15) is 5.56 Å². The van der Waals surface area contributed by atoms with Crippen molar-refractivity contribution < 1.29 is 4.42 Å². The monoisotopic (exact) mass is 366 g/mol. The van der Waals surface area contributed by atoms with E-state index in [4.69, 9.17) is 10.2 Å². The number of aromatic nitrogens is 2. The molecule has 0 radical (unpaired) electrons. The summed E-state index contributed by atoms with van der Waals surface area (Å²) >= 11 is 0. The van der Waals surface area contributed by atoms with Crippen LogP contribution in [0.2, 0.25) is 0 Å². The highest BCUT2D eigenvalue weighted by atomic mass is 16.3. The Balaban J connectivity index is 1.58. The maximum atomic E-state index is 6.26. The highest BCUT2D eigenvalue weighted by Crippen LogP contribution is 2.36. The molecule has 0 atom stereocenters. The van der Waals surface area contributed by atoms with Gasteiger partial charge in [0.2, 0.25) is 0 Å². The molecule has 5 nitrogen and oxygen atoms in total. The van der Waals surface area contributed by atoms with E-state index in [-0.39, 0.29) is 0 Å². The van der Waals surface area contributed by atoms with Crippen molar-refractivity contribution in [3.8, 4) is 11.3 Å². The minimum Gasteiger partial charge on any atom is -0.456 e. The smallest absolute Gasteiger partial charge is 0.139 e. The lowest BCUT2D eigenvalue weighted by Gasteiger charge is -2.10. The summed E-state index contributed by atoms with van der Waals surface area (Å²) in [6.45, 7) is 0.696. The summed E-state index contributed by atoms with van der Waals surface area (Å²) in [5.74, 6) is 1.20. The van der Waals surface area contributed by atoms with Gasteiger partial charge in [-0.05, 0) is 41.3 Å². The molecule has 0 aliphatic rings. The summed E-state index contributed by atoms with van der Waals surface area (Å²) in [5, 5.41) is 6.51. The van der Waals surface area contributed by atoms with Gasteiger partial charge in [-0.25, -0.2) is 4.98 Å². The van der Waals surface area contributed by atoms with Crippen molar-refractivity contribution in [2.45, 2.75) is 6.54 Å². The molecule has 0 amide bonds. The number of nitrogens with zero attached hydrogens (tertiary/aromatic N) is 2. The Labute approximate surface area is 161 Å². The maximum absolute atomic E-state index is 6.26. The number of nitrogens with one attached hydrogen (secondary N) is 1.